The van der Waals surface area contributed by atoms with Gasteiger partial charge in [0.15, 0.2) is 5.78 Å². The highest BCUT2D eigenvalue weighted by Gasteiger charge is 2.61. The summed E-state index contributed by atoms with van der Waals surface area (Å²) in [5.74, 6) is 2.69. The molecule has 0 amide bonds. The molecule has 3 heteroatoms. The molecule has 8 unspecified atom stereocenters. The SMILES string of the molecule is C=C(CCC(C)C1CCC2C3C(=O)C=C4CC(O)CCC4(C)C3CCC12C)C(C)(C)O. The van der Waals surface area contributed by atoms with Crippen molar-refractivity contribution in [3.05, 3.63) is 23.8 Å². The summed E-state index contributed by atoms with van der Waals surface area (Å²) in [7, 11) is 0. The Hall–Kier alpha value is -0.930. The third kappa shape index (κ3) is 3.78. The van der Waals surface area contributed by atoms with E-state index >= 15 is 0 Å². The molecule has 2 N–H and O–H groups in total. The first-order valence-electron chi connectivity index (χ1n) is 12.7. The third-order valence-corrected chi connectivity index (χ3v) is 10.4. The quantitative estimate of drug-likeness (QED) is 0.540. The average Bonchev–Trinajstić information content (AvgIpc) is 3.03. The van der Waals surface area contributed by atoms with E-state index in [2.05, 4.69) is 27.4 Å². The number of ketones is 1. The van der Waals surface area contributed by atoms with Gasteiger partial charge in [0.1, 0.15) is 0 Å². The maximum atomic E-state index is 13.4. The number of carbonyl (C=O) groups is 1. The average molecular weight is 429 g/mol. The highest BCUT2D eigenvalue weighted by Crippen LogP contribution is 2.66. The van der Waals surface area contributed by atoms with Crippen molar-refractivity contribution in [2.24, 2.45) is 40.4 Å². The van der Waals surface area contributed by atoms with Gasteiger partial charge in [-0.15, -0.1) is 0 Å². The van der Waals surface area contributed by atoms with Crippen LogP contribution in [0.1, 0.15) is 92.4 Å². The molecule has 3 fully saturated rings. The summed E-state index contributed by atoms with van der Waals surface area (Å²) in [6.07, 6.45) is 11.0. The first-order valence-corrected chi connectivity index (χ1v) is 12.7. The van der Waals surface area contributed by atoms with Crippen LogP contribution >= 0.6 is 0 Å². The molecule has 3 nitrogen and oxygen atoms in total. The van der Waals surface area contributed by atoms with Gasteiger partial charge in [0.05, 0.1) is 11.7 Å². The monoisotopic (exact) mass is 428 g/mol. The number of aliphatic hydroxyl groups excluding tert-OH is 1. The number of hydrogen-bond donors (Lipinski definition) is 2. The summed E-state index contributed by atoms with van der Waals surface area (Å²) in [5, 5.41) is 20.4. The van der Waals surface area contributed by atoms with Gasteiger partial charge in [-0.05, 0) is 118 Å². The zero-order valence-electron chi connectivity index (χ0n) is 20.4. The minimum absolute atomic E-state index is 0.104. The normalized spacial score (nSPS) is 43.5. The molecule has 3 saturated carbocycles. The van der Waals surface area contributed by atoms with E-state index in [9.17, 15) is 15.0 Å². The summed E-state index contributed by atoms with van der Waals surface area (Å²) in [5.41, 5.74) is 1.70. The van der Waals surface area contributed by atoms with Crippen LogP contribution < -0.4 is 0 Å². The largest absolute Gasteiger partial charge is 0.393 e. The molecule has 0 bridgehead atoms. The fraction of sp³-hybridized carbons (Fsp3) is 0.821. The summed E-state index contributed by atoms with van der Waals surface area (Å²) in [6, 6.07) is 0. The molecule has 0 radical (unpaired) electrons. The topological polar surface area (TPSA) is 57.5 Å². The second kappa shape index (κ2) is 7.83. The van der Waals surface area contributed by atoms with Gasteiger partial charge in [0.25, 0.3) is 0 Å². The number of allylic oxidation sites excluding steroid dienone is 1. The lowest BCUT2D eigenvalue weighted by atomic mass is 9.46. The van der Waals surface area contributed by atoms with E-state index in [1.54, 1.807) is 0 Å². The first-order chi connectivity index (χ1) is 14.4. The van der Waals surface area contributed by atoms with Crippen molar-refractivity contribution < 1.29 is 15.0 Å². The van der Waals surface area contributed by atoms with Crippen molar-refractivity contribution in [1.29, 1.82) is 0 Å². The second-order valence-electron chi connectivity index (χ2n) is 12.5. The van der Waals surface area contributed by atoms with E-state index in [1.807, 2.05) is 19.9 Å². The molecule has 0 spiro atoms. The summed E-state index contributed by atoms with van der Waals surface area (Å²) >= 11 is 0. The second-order valence-corrected chi connectivity index (χ2v) is 12.5. The van der Waals surface area contributed by atoms with Crippen molar-refractivity contribution in [2.75, 3.05) is 0 Å². The van der Waals surface area contributed by atoms with Crippen molar-refractivity contribution in [1.82, 2.24) is 0 Å². The number of fused-ring (bicyclic) bond motifs is 5. The Morgan fingerprint density at radius 1 is 1.19 bits per heavy atom. The summed E-state index contributed by atoms with van der Waals surface area (Å²) < 4.78 is 0. The maximum Gasteiger partial charge on any atom is 0.159 e. The van der Waals surface area contributed by atoms with Crippen LogP contribution in [0.15, 0.2) is 23.8 Å². The fourth-order valence-corrected chi connectivity index (χ4v) is 8.27. The molecule has 0 heterocycles. The highest BCUT2D eigenvalue weighted by molar-refractivity contribution is 5.94. The van der Waals surface area contributed by atoms with Crippen molar-refractivity contribution in [2.45, 2.75) is 104 Å². The molecular weight excluding hydrogens is 384 g/mol. The number of carbonyl (C=O) groups excluding carboxylic acids is 1. The predicted octanol–water partition coefficient (Wildman–Crippen LogP) is 5.85. The van der Waals surface area contributed by atoms with Crippen molar-refractivity contribution >= 4 is 5.78 Å². The van der Waals surface area contributed by atoms with Gasteiger partial charge >= 0.3 is 0 Å². The van der Waals surface area contributed by atoms with E-state index in [0.717, 1.165) is 37.7 Å². The van der Waals surface area contributed by atoms with Crippen LogP contribution in [0, 0.1) is 40.4 Å². The summed E-state index contributed by atoms with van der Waals surface area (Å²) in [4.78, 5) is 13.4. The standard InChI is InChI=1S/C28H44O3/c1-17(7-8-18(2)26(3,4)31)21-9-10-22-25-23(12-14-28(21,22)6)27(5)13-11-20(29)15-19(27)16-24(25)30/h16-17,20-23,25,29,31H,2,7-15H2,1,3-6H3. The number of hydrogen-bond acceptors (Lipinski definition) is 3. The van der Waals surface area contributed by atoms with Crippen LogP contribution in [0.2, 0.25) is 0 Å². The van der Waals surface area contributed by atoms with Crippen LogP contribution in [0.4, 0.5) is 0 Å². The zero-order valence-corrected chi connectivity index (χ0v) is 20.4. The van der Waals surface area contributed by atoms with E-state index in [1.165, 1.54) is 24.8 Å². The Kier molecular flexibility index (Phi) is 5.87. The first kappa shape index (κ1) is 23.2. The van der Waals surface area contributed by atoms with Crippen LogP contribution in [0.25, 0.3) is 0 Å². The molecule has 4 aliphatic carbocycles. The molecule has 0 aromatic rings. The zero-order chi connectivity index (χ0) is 22.8. The molecular formula is C28H44O3. The van der Waals surface area contributed by atoms with Crippen LogP contribution in [-0.4, -0.2) is 27.7 Å². The van der Waals surface area contributed by atoms with Crippen molar-refractivity contribution in [3.63, 3.8) is 0 Å². The van der Waals surface area contributed by atoms with E-state index < -0.39 is 5.60 Å². The molecule has 4 aliphatic rings. The molecule has 4 rings (SSSR count). The minimum atomic E-state index is -0.804. The Morgan fingerprint density at radius 2 is 1.90 bits per heavy atom. The lowest BCUT2D eigenvalue weighted by Gasteiger charge is -2.57. The molecule has 0 saturated heterocycles. The van der Waals surface area contributed by atoms with Gasteiger partial charge in [0, 0.05) is 5.92 Å². The summed E-state index contributed by atoms with van der Waals surface area (Å²) in [6.45, 7) is 15.0. The van der Waals surface area contributed by atoms with Gasteiger partial charge in [-0.25, -0.2) is 0 Å². The number of rotatable bonds is 5. The van der Waals surface area contributed by atoms with Crippen molar-refractivity contribution in [3.8, 4) is 0 Å². The molecule has 0 aromatic heterocycles. The van der Waals surface area contributed by atoms with Crippen LogP contribution in [0.3, 0.4) is 0 Å². The lowest BCUT2D eigenvalue weighted by Crippen LogP contribution is -2.53. The van der Waals surface area contributed by atoms with E-state index in [-0.39, 0.29) is 22.9 Å². The van der Waals surface area contributed by atoms with E-state index in [4.69, 9.17) is 0 Å². The molecule has 31 heavy (non-hydrogen) atoms. The maximum absolute atomic E-state index is 13.4. The smallest absolute Gasteiger partial charge is 0.159 e. The van der Waals surface area contributed by atoms with Crippen LogP contribution in [-0.2, 0) is 4.79 Å². The minimum Gasteiger partial charge on any atom is -0.393 e. The Balaban J connectivity index is 1.53. The molecule has 174 valence electrons. The van der Waals surface area contributed by atoms with Crippen LogP contribution in [0.5, 0.6) is 0 Å². The molecule has 0 aliphatic heterocycles. The number of aliphatic hydroxyl groups is 2. The predicted molar refractivity (Wildman–Crippen MR) is 125 cm³/mol. The van der Waals surface area contributed by atoms with Gasteiger partial charge in [0.2, 0.25) is 0 Å². The Labute approximate surface area is 189 Å². The van der Waals surface area contributed by atoms with Gasteiger partial charge in [-0.1, -0.05) is 32.9 Å². The van der Waals surface area contributed by atoms with Gasteiger partial charge in [-0.2, -0.15) is 0 Å². The van der Waals surface area contributed by atoms with E-state index in [0.29, 0.717) is 35.9 Å². The van der Waals surface area contributed by atoms with Gasteiger partial charge in [-0.3, -0.25) is 4.79 Å². The molecule has 0 aromatic carbocycles. The fourth-order valence-electron chi connectivity index (χ4n) is 8.27. The highest BCUT2D eigenvalue weighted by atomic mass is 16.3. The third-order valence-electron chi connectivity index (χ3n) is 10.4. The van der Waals surface area contributed by atoms with Gasteiger partial charge < -0.3 is 10.2 Å². The molecule has 8 atom stereocenters. The Morgan fingerprint density at radius 3 is 2.58 bits per heavy atom. The lowest BCUT2D eigenvalue weighted by molar-refractivity contribution is -0.135. The Bertz CT molecular complexity index is 774.